The number of ether oxygens (including phenoxy) is 1. The first-order valence-electron chi connectivity index (χ1n) is 4.69. The van der Waals surface area contributed by atoms with Crippen LogP contribution in [-0.4, -0.2) is 47.9 Å². The van der Waals surface area contributed by atoms with Crippen molar-refractivity contribution in [2.24, 2.45) is 0 Å². The predicted molar refractivity (Wildman–Crippen MR) is 52.3 cm³/mol. The number of hydrogen-bond donors (Lipinski definition) is 0. The van der Waals surface area contributed by atoms with Crippen molar-refractivity contribution < 1.29 is 18.3 Å². The van der Waals surface area contributed by atoms with Crippen molar-refractivity contribution >= 4 is 17.5 Å². The third-order valence-corrected chi connectivity index (χ3v) is 2.61. The summed E-state index contributed by atoms with van der Waals surface area (Å²) in [5.74, 6) is -0.523. The molecule has 0 aromatic heterocycles. The van der Waals surface area contributed by atoms with Crippen LogP contribution in [0.1, 0.15) is 13.8 Å². The molecule has 3 nitrogen and oxygen atoms in total. The summed E-state index contributed by atoms with van der Waals surface area (Å²) >= 11 is 5.39. The molecule has 2 atom stereocenters. The molecule has 0 saturated carbocycles. The Balaban J connectivity index is 2.76. The number of carbonyl (C=O) groups is 1. The monoisotopic (exact) mass is 241 g/mol. The second-order valence-electron chi connectivity index (χ2n) is 3.95. The lowest BCUT2D eigenvalue weighted by Gasteiger charge is -2.42. The van der Waals surface area contributed by atoms with Gasteiger partial charge >= 0.3 is 0 Å². The molecule has 88 valence electrons. The van der Waals surface area contributed by atoms with Gasteiger partial charge in [0.2, 0.25) is 5.91 Å². The molecule has 0 spiro atoms. The highest BCUT2D eigenvalue weighted by Crippen LogP contribution is 2.27. The zero-order chi connectivity index (χ0) is 11.6. The van der Waals surface area contributed by atoms with Gasteiger partial charge in [0, 0.05) is 6.54 Å². The van der Waals surface area contributed by atoms with Crippen molar-refractivity contribution in [3.05, 3.63) is 0 Å². The molecule has 1 aliphatic heterocycles. The van der Waals surface area contributed by atoms with Gasteiger partial charge in [-0.05, 0) is 13.8 Å². The van der Waals surface area contributed by atoms with Gasteiger partial charge in [0.15, 0.2) is 0 Å². The van der Waals surface area contributed by atoms with E-state index in [1.807, 2.05) is 0 Å². The van der Waals surface area contributed by atoms with Crippen molar-refractivity contribution in [1.29, 1.82) is 0 Å². The normalized spacial score (nSPS) is 32.1. The first kappa shape index (κ1) is 12.6. The molecule has 1 saturated heterocycles. The maximum Gasteiger partial charge on any atom is 0.268 e. The fourth-order valence-corrected chi connectivity index (χ4v) is 1.85. The van der Waals surface area contributed by atoms with Crippen LogP contribution in [0.5, 0.6) is 0 Å². The smallest absolute Gasteiger partial charge is 0.268 e. The molecular weight excluding hydrogens is 228 g/mol. The Morgan fingerprint density at radius 1 is 1.73 bits per heavy atom. The highest BCUT2D eigenvalue weighted by atomic mass is 35.5. The molecule has 0 bridgehead atoms. The maximum atomic E-state index is 12.7. The van der Waals surface area contributed by atoms with Crippen LogP contribution in [0.25, 0.3) is 0 Å². The standard InChI is InChI=1S/C9H14ClF2NO2/c1-6-4-13(7(14)3-10)5-9(2,15-6)8(11)12/h6,8H,3-5H2,1-2H3. The summed E-state index contributed by atoms with van der Waals surface area (Å²) in [4.78, 5) is 12.6. The fourth-order valence-electron chi connectivity index (χ4n) is 1.68. The number of rotatable bonds is 2. The number of alkyl halides is 3. The summed E-state index contributed by atoms with van der Waals surface area (Å²) < 4.78 is 30.6. The van der Waals surface area contributed by atoms with Gasteiger partial charge < -0.3 is 9.64 Å². The van der Waals surface area contributed by atoms with Crippen molar-refractivity contribution in [3.63, 3.8) is 0 Å². The van der Waals surface area contributed by atoms with E-state index in [0.29, 0.717) is 6.54 Å². The Labute approximate surface area is 92.3 Å². The highest BCUT2D eigenvalue weighted by Gasteiger charge is 2.44. The van der Waals surface area contributed by atoms with Crippen molar-refractivity contribution in [3.8, 4) is 0 Å². The van der Waals surface area contributed by atoms with E-state index >= 15 is 0 Å². The third-order valence-electron chi connectivity index (χ3n) is 2.38. The number of hydrogen-bond acceptors (Lipinski definition) is 2. The Morgan fingerprint density at radius 2 is 2.33 bits per heavy atom. The molecule has 1 rings (SSSR count). The van der Waals surface area contributed by atoms with Gasteiger partial charge in [0.1, 0.15) is 11.5 Å². The minimum absolute atomic E-state index is 0.111. The number of carbonyl (C=O) groups excluding carboxylic acids is 1. The van der Waals surface area contributed by atoms with Crippen LogP contribution in [0.2, 0.25) is 0 Å². The van der Waals surface area contributed by atoms with Crippen LogP contribution in [-0.2, 0) is 9.53 Å². The summed E-state index contributed by atoms with van der Waals surface area (Å²) in [7, 11) is 0. The first-order chi connectivity index (χ1) is 6.89. The van der Waals surface area contributed by atoms with Crippen LogP contribution in [0.15, 0.2) is 0 Å². The van der Waals surface area contributed by atoms with Crippen LogP contribution < -0.4 is 0 Å². The molecule has 0 aromatic rings. The molecule has 1 heterocycles. The lowest BCUT2D eigenvalue weighted by atomic mass is 10.0. The molecule has 15 heavy (non-hydrogen) atoms. The lowest BCUT2D eigenvalue weighted by molar-refractivity contribution is -0.200. The van der Waals surface area contributed by atoms with Crippen LogP contribution in [0, 0.1) is 0 Å². The molecule has 0 aromatic carbocycles. The quantitative estimate of drug-likeness (QED) is 0.686. The van der Waals surface area contributed by atoms with E-state index in [4.69, 9.17) is 16.3 Å². The van der Waals surface area contributed by atoms with Gasteiger partial charge in [0.25, 0.3) is 6.43 Å². The summed E-state index contributed by atoms with van der Waals surface area (Å²) in [6.07, 6.45) is -3.02. The topological polar surface area (TPSA) is 29.5 Å². The van der Waals surface area contributed by atoms with E-state index in [9.17, 15) is 13.6 Å². The summed E-state index contributed by atoms with van der Waals surface area (Å²) in [6, 6.07) is 0. The van der Waals surface area contributed by atoms with Gasteiger partial charge in [-0.25, -0.2) is 8.78 Å². The minimum Gasteiger partial charge on any atom is -0.363 e. The Morgan fingerprint density at radius 3 is 2.80 bits per heavy atom. The zero-order valence-corrected chi connectivity index (χ0v) is 9.43. The van der Waals surface area contributed by atoms with E-state index in [-0.39, 0.29) is 18.3 Å². The number of halogens is 3. The van der Waals surface area contributed by atoms with E-state index in [1.165, 1.54) is 11.8 Å². The molecule has 0 N–H and O–H groups in total. The van der Waals surface area contributed by atoms with E-state index in [0.717, 1.165) is 0 Å². The Kier molecular flexibility index (Phi) is 3.89. The Bertz CT molecular complexity index is 252. The zero-order valence-electron chi connectivity index (χ0n) is 8.67. The van der Waals surface area contributed by atoms with Gasteiger partial charge in [-0.15, -0.1) is 11.6 Å². The SMILES string of the molecule is CC1CN(C(=O)CCl)CC(C)(C(F)F)O1. The molecule has 6 heteroatoms. The average molecular weight is 242 g/mol. The van der Waals surface area contributed by atoms with Gasteiger partial charge in [-0.2, -0.15) is 0 Å². The molecule has 1 aliphatic rings. The summed E-state index contributed by atoms with van der Waals surface area (Å²) in [6.45, 7) is 3.17. The van der Waals surface area contributed by atoms with Gasteiger partial charge in [-0.3, -0.25) is 4.79 Å². The van der Waals surface area contributed by atoms with E-state index < -0.39 is 18.1 Å². The average Bonchev–Trinajstić information content (AvgIpc) is 2.15. The van der Waals surface area contributed by atoms with Gasteiger partial charge in [0.05, 0.1) is 12.6 Å². The second kappa shape index (κ2) is 4.61. The van der Waals surface area contributed by atoms with Crippen LogP contribution in [0.3, 0.4) is 0 Å². The van der Waals surface area contributed by atoms with Crippen molar-refractivity contribution in [2.75, 3.05) is 19.0 Å². The molecule has 2 unspecified atom stereocenters. The lowest BCUT2D eigenvalue weighted by Crippen LogP contribution is -2.58. The maximum absolute atomic E-state index is 12.7. The highest BCUT2D eigenvalue weighted by molar-refractivity contribution is 6.27. The first-order valence-corrected chi connectivity index (χ1v) is 5.22. The van der Waals surface area contributed by atoms with E-state index in [2.05, 4.69) is 0 Å². The van der Waals surface area contributed by atoms with Crippen molar-refractivity contribution in [1.82, 2.24) is 4.90 Å². The Hall–Kier alpha value is -0.420. The van der Waals surface area contributed by atoms with Crippen LogP contribution >= 0.6 is 11.6 Å². The summed E-state index contributed by atoms with van der Waals surface area (Å²) in [5.41, 5.74) is -1.58. The minimum atomic E-state index is -2.62. The van der Waals surface area contributed by atoms with Gasteiger partial charge in [-0.1, -0.05) is 0 Å². The predicted octanol–water partition coefficient (Wildman–Crippen LogP) is 1.50. The summed E-state index contributed by atoms with van der Waals surface area (Å²) in [5, 5.41) is 0. The molecule has 1 fully saturated rings. The number of nitrogens with zero attached hydrogens (tertiary/aromatic N) is 1. The molecule has 0 radical (unpaired) electrons. The molecule has 0 aliphatic carbocycles. The number of amides is 1. The third kappa shape index (κ3) is 2.78. The molecular formula is C9H14ClF2NO2. The molecule has 1 amide bonds. The van der Waals surface area contributed by atoms with E-state index in [1.54, 1.807) is 6.92 Å². The largest absolute Gasteiger partial charge is 0.363 e. The fraction of sp³-hybridized carbons (Fsp3) is 0.889. The van der Waals surface area contributed by atoms with Crippen LogP contribution in [0.4, 0.5) is 8.78 Å². The van der Waals surface area contributed by atoms with Crippen molar-refractivity contribution in [2.45, 2.75) is 32.0 Å². The number of morpholine rings is 1. The second-order valence-corrected chi connectivity index (χ2v) is 4.22.